The molecule has 0 saturated carbocycles. The second-order valence-corrected chi connectivity index (χ2v) is 15.0. The van der Waals surface area contributed by atoms with E-state index < -0.39 is 11.9 Å². The number of benzene rings is 2. The van der Waals surface area contributed by atoms with Gasteiger partial charge in [-0.3, -0.25) is 0 Å². The Morgan fingerprint density at radius 2 is 0.750 bits per heavy atom. The number of hydrogen-bond acceptors (Lipinski definition) is 6. The molecule has 2 aromatic rings. The third kappa shape index (κ3) is 8.74. The summed E-state index contributed by atoms with van der Waals surface area (Å²) in [5, 5.41) is 21.8. The molecule has 0 amide bonds. The summed E-state index contributed by atoms with van der Waals surface area (Å²) in [6.45, 7) is 24.5. The number of carbonyl (C=O) groups is 2. The van der Waals surface area contributed by atoms with Gasteiger partial charge in [-0.2, -0.15) is 0 Å². The van der Waals surface area contributed by atoms with E-state index in [2.05, 4.69) is 0 Å². The van der Waals surface area contributed by atoms with Gasteiger partial charge in [0.1, 0.15) is 11.5 Å². The number of carbonyl (C=O) groups excluding carboxylic acids is 2. The topological polar surface area (TPSA) is 93.1 Å². The molecule has 0 unspecified atom stereocenters. The van der Waals surface area contributed by atoms with E-state index in [1.54, 1.807) is 0 Å². The van der Waals surface area contributed by atoms with Crippen molar-refractivity contribution in [1.82, 2.24) is 0 Å². The minimum atomic E-state index is -0.634. The first-order valence-electron chi connectivity index (χ1n) is 14.2. The van der Waals surface area contributed by atoms with Gasteiger partial charge < -0.3 is 10.2 Å². The van der Waals surface area contributed by atoms with E-state index in [1.807, 2.05) is 107 Å². The van der Waals surface area contributed by atoms with Crippen molar-refractivity contribution >= 4 is 11.9 Å². The molecule has 0 bridgehead atoms. The molecule has 0 fully saturated rings. The van der Waals surface area contributed by atoms with Gasteiger partial charge in [-0.1, -0.05) is 107 Å². The van der Waals surface area contributed by atoms with Crippen molar-refractivity contribution in [2.75, 3.05) is 0 Å². The summed E-state index contributed by atoms with van der Waals surface area (Å²) in [6.07, 6.45) is 0.850. The highest BCUT2D eigenvalue weighted by Crippen LogP contribution is 2.41. The van der Waals surface area contributed by atoms with Gasteiger partial charge in [0.2, 0.25) is 0 Å². The van der Waals surface area contributed by atoms with E-state index >= 15 is 0 Å². The second kappa shape index (κ2) is 11.8. The number of aromatic hydroxyl groups is 2. The average molecular weight is 555 g/mol. The smallest absolute Gasteiger partial charge is 0.355 e. The Hall–Kier alpha value is -3.02. The first-order chi connectivity index (χ1) is 18.0. The van der Waals surface area contributed by atoms with Gasteiger partial charge in [0.25, 0.3) is 0 Å². The summed E-state index contributed by atoms with van der Waals surface area (Å²) in [4.78, 5) is 34.5. The molecule has 6 heteroatoms. The molecule has 0 aliphatic rings. The number of aryl methyl sites for hydroxylation is 2. The maximum absolute atomic E-state index is 12.4. The SMILES string of the molecule is CC(C)(C)c1cc(CCC(=O)OOC(=O)CCc2cc(C(C)(C)C)c(O)c(C(C)(C)C)c2)cc(C(C)(C)C)c1O. The summed E-state index contributed by atoms with van der Waals surface area (Å²) < 4.78 is 0. The third-order valence-electron chi connectivity index (χ3n) is 7.03. The van der Waals surface area contributed by atoms with Crippen LogP contribution in [0.2, 0.25) is 0 Å². The van der Waals surface area contributed by atoms with Crippen LogP contribution < -0.4 is 0 Å². The predicted molar refractivity (Wildman–Crippen MR) is 160 cm³/mol. The summed E-state index contributed by atoms with van der Waals surface area (Å²) in [5.74, 6) is -0.687. The Morgan fingerprint density at radius 3 is 0.950 bits per heavy atom. The van der Waals surface area contributed by atoms with Gasteiger partial charge >= 0.3 is 11.9 Å². The Kier molecular flexibility index (Phi) is 9.82. The molecule has 2 rings (SSSR count). The van der Waals surface area contributed by atoms with Crippen molar-refractivity contribution < 1.29 is 29.6 Å². The van der Waals surface area contributed by atoms with Gasteiger partial charge in [0.15, 0.2) is 0 Å². The minimum Gasteiger partial charge on any atom is -0.507 e. The summed E-state index contributed by atoms with van der Waals surface area (Å²) in [6, 6.07) is 7.72. The van der Waals surface area contributed by atoms with E-state index in [9.17, 15) is 19.8 Å². The number of phenols is 2. The summed E-state index contributed by atoms with van der Waals surface area (Å²) in [7, 11) is 0. The van der Waals surface area contributed by atoms with Crippen molar-refractivity contribution in [1.29, 1.82) is 0 Å². The molecular weight excluding hydrogens is 504 g/mol. The van der Waals surface area contributed by atoms with Crippen molar-refractivity contribution in [2.45, 2.75) is 130 Å². The molecule has 40 heavy (non-hydrogen) atoms. The van der Waals surface area contributed by atoms with Gasteiger partial charge in [0.05, 0.1) is 12.8 Å². The van der Waals surface area contributed by atoms with Crippen LogP contribution in [0.15, 0.2) is 24.3 Å². The predicted octanol–water partition coefficient (Wildman–Crippen LogP) is 7.85. The zero-order valence-corrected chi connectivity index (χ0v) is 26.7. The van der Waals surface area contributed by atoms with Gasteiger partial charge in [-0.25, -0.2) is 19.4 Å². The molecule has 0 spiro atoms. The van der Waals surface area contributed by atoms with Crippen molar-refractivity contribution in [3.05, 3.63) is 57.6 Å². The molecule has 0 heterocycles. The van der Waals surface area contributed by atoms with Gasteiger partial charge in [-0.15, -0.1) is 0 Å². The first kappa shape index (κ1) is 33.2. The maximum atomic E-state index is 12.4. The lowest BCUT2D eigenvalue weighted by atomic mass is 9.78. The van der Waals surface area contributed by atoms with Crippen LogP contribution in [-0.2, 0) is 53.9 Å². The van der Waals surface area contributed by atoms with E-state index in [0.717, 1.165) is 33.4 Å². The molecule has 222 valence electrons. The van der Waals surface area contributed by atoms with E-state index in [1.165, 1.54) is 0 Å². The second-order valence-electron chi connectivity index (χ2n) is 15.0. The van der Waals surface area contributed by atoms with E-state index in [-0.39, 0.29) is 46.0 Å². The molecule has 0 aliphatic carbocycles. The lowest BCUT2D eigenvalue weighted by molar-refractivity contribution is -0.259. The number of rotatable bonds is 6. The normalized spacial score (nSPS) is 12.8. The van der Waals surface area contributed by atoms with Crippen LogP contribution in [0.5, 0.6) is 11.5 Å². The standard InChI is InChI=1S/C34H50O6/c1-31(2,3)23-17-21(18-24(29(23)37)32(4,5)6)13-15-27(35)39-40-28(36)16-14-22-19-25(33(7,8)9)30(38)26(20-22)34(10,11)12/h17-20,37-38H,13-16H2,1-12H3. The van der Waals surface area contributed by atoms with Crippen LogP contribution >= 0.6 is 0 Å². The van der Waals surface area contributed by atoms with E-state index in [4.69, 9.17) is 9.78 Å². The number of hydrogen-bond donors (Lipinski definition) is 2. The summed E-state index contributed by atoms with van der Waals surface area (Å²) >= 11 is 0. The summed E-state index contributed by atoms with van der Waals surface area (Å²) in [5.41, 5.74) is 4.05. The molecular formula is C34H50O6. The molecule has 0 atom stereocenters. The van der Waals surface area contributed by atoms with E-state index in [0.29, 0.717) is 12.8 Å². The molecule has 0 aromatic heterocycles. The fourth-order valence-electron chi connectivity index (χ4n) is 4.63. The van der Waals surface area contributed by atoms with Crippen LogP contribution in [0.4, 0.5) is 0 Å². The fraction of sp³-hybridized carbons (Fsp3) is 0.588. The molecule has 0 aliphatic heterocycles. The van der Waals surface area contributed by atoms with Gasteiger partial charge in [-0.05, 0) is 67.9 Å². The zero-order chi connectivity index (χ0) is 30.8. The Labute approximate surface area is 241 Å². The monoisotopic (exact) mass is 554 g/mol. The Bertz CT molecular complexity index is 1060. The molecule has 0 saturated heterocycles. The third-order valence-corrected chi connectivity index (χ3v) is 7.03. The molecule has 2 aromatic carbocycles. The highest BCUT2D eigenvalue weighted by Gasteiger charge is 2.28. The Morgan fingerprint density at radius 1 is 0.525 bits per heavy atom. The van der Waals surface area contributed by atoms with Crippen molar-refractivity contribution in [2.24, 2.45) is 0 Å². The lowest BCUT2D eigenvalue weighted by Crippen LogP contribution is -2.18. The lowest BCUT2D eigenvalue weighted by Gasteiger charge is -2.28. The molecule has 6 nitrogen and oxygen atoms in total. The minimum absolute atomic E-state index is 0.0348. The van der Waals surface area contributed by atoms with Crippen LogP contribution in [0.1, 0.15) is 129 Å². The number of phenolic OH excluding ortho intramolecular Hbond substituents is 2. The maximum Gasteiger partial charge on any atom is 0.355 e. The highest BCUT2D eigenvalue weighted by atomic mass is 17.2. The molecule has 2 N–H and O–H groups in total. The highest BCUT2D eigenvalue weighted by molar-refractivity contribution is 5.73. The quantitative estimate of drug-likeness (QED) is 0.279. The van der Waals surface area contributed by atoms with Crippen LogP contribution in [0.25, 0.3) is 0 Å². The van der Waals surface area contributed by atoms with Crippen molar-refractivity contribution in [3.63, 3.8) is 0 Å². The largest absolute Gasteiger partial charge is 0.507 e. The van der Waals surface area contributed by atoms with Crippen LogP contribution in [0.3, 0.4) is 0 Å². The van der Waals surface area contributed by atoms with Crippen LogP contribution in [0, 0.1) is 0 Å². The van der Waals surface area contributed by atoms with Crippen molar-refractivity contribution in [3.8, 4) is 11.5 Å². The van der Waals surface area contributed by atoms with Crippen LogP contribution in [-0.4, -0.2) is 22.2 Å². The first-order valence-corrected chi connectivity index (χ1v) is 14.2. The Balaban J connectivity index is 2.04. The zero-order valence-electron chi connectivity index (χ0n) is 26.7. The van der Waals surface area contributed by atoms with Gasteiger partial charge in [0, 0.05) is 0 Å². The average Bonchev–Trinajstić information content (AvgIpc) is 2.78. The fourth-order valence-corrected chi connectivity index (χ4v) is 4.63. The molecule has 0 radical (unpaired) electrons.